The minimum atomic E-state index is -0.949. The zero-order valence-corrected chi connectivity index (χ0v) is 23.5. The van der Waals surface area contributed by atoms with Gasteiger partial charge in [-0.2, -0.15) is 0 Å². The molecule has 6 heteroatoms. The van der Waals surface area contributed by atoms with Crippen molar-refractivity contribution in [2.75, 3.05) is 18.4 Å². The highest BCUT2D eigenvalue weighted by molar-refractivity contribution is 6.17. The van der Waals surface area contributed by atoms with Crippen molar-refractivity contribution in [3.63, 3.8) is 0 Å². The Hall–Kier alpha value is -4.03. The summed E-state index contributed by atoms with van der Waals surface area (Å²) in [5.74, 6) is -1.07. The Morgan fingerprint density at radius 2 is 1.62 bits per heavy atom. The first kappa shape index (κ1) is 30.5. The molecule has 0 unspecified atom stereocenters. The van der Waals surface area contributed by atoms with Gasteiger partial charge in [0.2, 0.25) is 5.91 Å². The molecule has 40 heavy (non-hydrogen) atoms. The molecule has 0 fully saturated rings. The second kappa shape index (κ2) is 16.8. The maximum Gasteiger partial charge on any atom is 0.328 e. The van der Waals surface area contributed by atoms with Gasteiger partial charge in [0.05, 0.1) is 17.9 Å². The maximum absolute atomic E-state index is 13.3. The fourth-order valence-corrected chi connectivity index (χ4v) is 4.66. The van der Waals surface area contributed by atoms with Crippen LogP contribution in [0.2, 0.25) is 0 Å². The minimum Gasteiger partial charge on any atom is -0.480 e. The van der Waals surface area contributed by atoms with Gasteiger partial charge in [-0.3, -0.25) is 14.7 Å². The number of para-hydroxylation sites is 1. The largest absolute Gasteiger partial charge is 0.480 e. The first-order valence-corrected chi connectivity index (χ1v) is 14.1. The van der Waals surface area contributed by atoms with E-state index >= 15 is 0 Å². The molecular weight excluding hydrogens is 498 g/mol. The number of nitrogens with one attached hydrogen (secondary N) is 1. The minimum absolute atomic E-state index is 0.124. The second-order valence-electron chi connectivity index (χ2n) is 9.91. The van der Waals surface area contributed by atoms with E-state index in [-0.39, 0.29) is 12.5 Å². The number of carboxylic acid groups (broad SMARTS) is 1. The number of amides is 1. The number of allylic oxidation sites excluding steroid dienone is 1. The maximum atomic E-state index is 13.3. The van der Waals surface area contributed by atoms with E-state index in [0.29, 0.717) is 29.9 Å². The number of anilines is 1. The van der Waals surface area contributed by atoms with Gasteiger partial charge < -0.3 is 10.4 Å². The van der Waals surface area contributed by atoms with Crippen LogP contribution in [0.15, 0.2) is 103 Å². The number of rotatable bonds is 17. The number of aliphatic imine (C=N–C) groups is 1. The summed E-state index contributed by atoms with van der Waals surface area (Å²) in [6.07, 6.45) is 6.87. The lowest BCUT2D eigenvalue weighted by molar-refractivity contribution is -0.138. The predicted octanol–water partition coefficient (Wildman–Crippen LogP) is 6.96. The molecule has 0 heterocycles. The molecule has 0 aromatic heterocycles. The summed E-state index contributed by atoms with van der Waals surface area (Å²) in [7, 11) is 0. The quantitative estimate of drug-likeness (QED) is 0.110. The van der Waals surface area contributed by atoms with Crippen LogP contribution < -0.4 is 5.32 Å². The second-order valence-corrected chi connectivity index (χ2v) is 9.91. The number of nitrogens with zero attached hydrogens (tertiary/aromatic N) is 2. The number of carbonyl (C=O) groups is 2. The van der Waals surface area contributed by atoms with E-state index in [1.165, 1.54) is 0 Å². The van der Waals surface area contributed by atoms with Crippen LogP contribution in [-0.4, -0.2) is 46.7 Å². The Morgan fingerprint density at radius 1 is 0.950 bits per heavy atom. The SMILES string of the molecule is C=CCCCCC[C@H](/N=C(\c1ccccc1)c1ccccc1NC(=O)CN(CCC)Cc1ccccc1)C(=O)O. The molecule has 1 amide bonds. The Bertz CT molecular complexity index is 1240. The zero-order valence-electron chi connectivity index (χ0n) is 23.5. The lowest BCUT2D eigenvalue weighted by Crippen LogP contribution is -2.33. The fraction of sp³-hybridized carbons (Fsp3) is 0.324. The van der Waals surface area contributed by atoms with E-state index in [2.05, 4.69) is 35.9 Å². The lowest BCUT2D eigenvalue weighted by atomic mass is 9.99. The van der Waals surface area contributed by atoms with E-state index in [1.807, 2.05) is 78.9 Å². The summed E-state index contributed by atoms with van der Waals surface area (Å²) in [6.45, 7) is 7.59. The molecule has 0 spiro atoms. The Morgan fingerprint density at radius 3 is 2.30 bits per heavy atom. The Labute approximate surface area is 238 Å². The van der Waals surface area contributed by atoms with Crippen molar-refractivity contribution < 1.29 is 14.7 Å². The summed E-state index contributed by atoms with van der Waals surface area (Å²) < 4.78 is 0. The third kappa shape index (κ3) is 9.93. The van der Waals surface area contributed by atoms with Gasteiger partial charge in [-0.1, -0.05) is 105 Å². The molecule has 0 aliphatic heterocycles. The van der Waals surface area contributed by atoms with Gasteiger partial charge in [0.15, 0.2) is 0 Å². The monoisotopic (exact) mass is 539 g/mol. The molecule has 3 rings (SSSR count). The van der Waals surface area contributed by atoms with Crippen molar-refractivity contribution in [2.24, 2.45) is 4.99 Å². The molecule has 0 saturated carbocycles. The average molecular weight is 540 g/mol. The van der Waals surface area contributed by atoms with E-state index < -0.39 is 12.0 Å². The first-order chi connectivity index (χ1) is 19.5. The number of hydrogen-bond acceptors (Lipinski definition) is 4. The lowest BCUT2D eigenvalue weighted by Gasteiger charge is -2.22. The standard InChI is InChI=1S/C34H41N3O3/c1-3-5-6-7-14-23-31(34(39)40)36-33(28-19-12-9-13-20-28)29-21-15-16-22-30(29)35-32(38)26-37(24-4-2)25-27-17-10-8-11-18-27/h3,8-13,15-22,31H,1,4-7,14,23-26H2,2H3,(H,35,38)(H,39,40)/b36-33+/t31-/m0/s1. The molecule has 3 aromatic carbocycles. The van der Waals surface area contributed by atoms with Gasteiger partial charge in [-0.05, 0) is 43.9 Å². The molecule has 0 aliphatic rings. The summed E-state index contributed by atoms with van der Waals surface area (Å²) in [6, 6.07) is 26.3. The molecule has 210 valence electrons. The van der Waals surface area contributed by atoms with Gasteiger partial charge in [-0.25, -0.2) is 4.79 Å². The van der Waals surface area contributed by atoms with Gasteiger partial charge in [0, 0.05) is 17.7 Å². The third-order valence-electron chi connectivity index (χ3n) is 6.62. The molecule has 0 aliphatic carbocycles. The Balaban J connectivity index is 1.86. The first-order valence-electron chi connectivity index (χ1n) is 14.1. The highest BCUT2D eigenvalue weighted by Gasteiger charge is 2.21. The van der Waals surface area contributed by atoms with Gasteiger partial charge in [0.1, 0.15) is 6.04 Å². The fourth-order valence-electron chi connectivity index (χ4n) is 4.66. The number of hydrogen-bond donors (Lipinski definition) is 2. The molecule has 0 saturated heterocycles. The predicted molar refractivity (Wildman–Crippen MR) is 164 cm³/mol. The number of benzene rings is 3. The summed E-state index contributed by atoms with van der Waals surface area (Å²) >= 11 is 0. The molecule has 0 radical (unpaired) electrons. The van der Waals surface area contributed by atoms with Crippen molar-refractivity contribution in [3.05, 3.63) is 114 Å². The molecule has 2 N–H and O–H groups in total. The van der Waals surface area contributed by atoms with Crippen molar-refractivity contribution in [1.82, 2.24) is 4.90 Å². The summed E-state index contributed by atoms with van der Waals surface area (Å²) in [5, 5.41) is 13.1. The zero-order chi connectivity index (χ0) is 28.6. The molecule has 6 nitrogen and oxygen atoms in total. The number of carbonyl (C=O) groups excluding carboxylic acids is 1. The van der Waals surface area contributed by atoms with Crippen molar-refractivity contribution in [2.45, 2.75) is 58.0 Å². The topological polar surface area (TPSA) is 82.0 Å². The van der Waals surface area contributed by atoms with Crippen LogP contribution >= 0.6 is 0 Å². The van der Waals surface area contributed by atoms with Crippen molar-refractivity contribution >= 4 is 23.3 Å². The van der Waals surface area contributed by atoms with E-state index in [1.54, 1.807) is 0 Å². The highest BCUT2D eigenvalue weighted by Crippen LogP contribution is 2.22. The van der Waals surface area contributed by atoms with Crippen LogP contribution in [-0.2, 0) is 16.1 Å². The Kier molecular flexibility index (Phi) is 12.8. The van der Waals surface area contributed by atoms with Crippen LogP contribution in [0.25, 0.3) is 0 Å². The highest BCUT2D eigenvalue weighted by atomic mass is 16.4. The van der Waals surface area contributed by atoms with E-state index in [4.69, 9.17) is 4.99 Å². The molecule has 3 aromatic rings. The van der Waals surface area contributed by atoms with E-state index in [9.17, 15) is 14.7 Å². The van der Waals surface area contributed by atoms with Crippen LogP contribution in [0.3, 0.4) is 0 Å². The molecular formula is C34H41N3O3. The third-order valence-corrected chi connectivity index (χ3v) is 6.62. The molecule has 1 atom stereocenters. The average Bonchev–Trinajstić information content (AvgIpc) is 2.96. The molecule has 0 bridgehead atoms. The smallest absolute Gasteiger partial charge is 0.328 e. The van der Waals surface area contributed by atoms with E-state index in [0.717, 1.165) is 49.8 Å². The number of carboxylic acids is 1. The number of unbranched alkanes of at least 4 members (excludes halogenated alkanes) is 3. The van der Waals surface area contributed by atoms with Crippen LogP contribution in [0.1, 0.15) is 62.1 Å². The van der Waals surface area contributed by atoms with Gasteiger partial charge in [-0.15, -0.1) is 6.58 Å². The summed E-state index contributed by atoms with van der Waals surface area (Å²) in [5.41, 5.74) is 3.83. The van der Waals surface area contributed by atoms with Crippen molar-refractivity contribution in [1.29, 1.82) is 0 Å². The van der Waals surface area contributed by atoms with Crippen molar-refractivity contribution in [3.8, 4) is 0 Å². The van der Waals surface area contributed by atoms with Crippen LogP contribution in [0.4, 0.5) is 5.69 Å². The normalized spacial score (nSPS) is 12.2. The van der Waals surface area contributed by atoms with Crippen LogP contribution in [0, 0.1) is 0 Å². The van der Waals surface area contributed by atoms with Gasteiger partial charge >= 0.3 is 5.97 Å². The van der Waals surface area contributed by atoms with Gasteiger partial charge in [0.25, 0.3) is 0 Å². The summed E-state index contributed by atoms with van der Waals surface area (Å²) in [4.78, 5) is 32.4. The number of aliphatic carboxylic acids is 1. The van der Waals surface area contributed by atoms with Crippen LogP contribution in [0.5, 0.6) is 0 Å².